The lowest BCUT2D eigenvalue weighted by molar-refractivity contribution is 0.0671. The minimum atomic E-state index is -0.838. The fourth-order valence-electron chi connectivity index (χ4n) is 2.84. The molecule has 142 valence electrons. The number of carbonyl (C=O) groups is 2. The standard InChI is InChI=1S/C19H19F2N3O3/c1-27-15-4-2-3-13(11-15)18(25)23-7-9-24(10-8-23)19(26)22-17-6-5-14(20)12-16(17)21/h2-6,11-12H,7-10H2,1H3,(H,22,26). The molecule has 1 N–H and O–H groups in total. The Labute approximate surface area is 155 Å². The maximum atomic E-state index is 13.7. The maximum absolute atomic E-state index is 13.7. The van der Waals surface area contributed by atoms with Crippen molar-refractivity contribution in [3.8, 4) is 5.75 Å². The summed E-state index contributed by atoms with van der Waals surface area (Å²) in [4.78, 5) is 28.0. The number of amides is 3. The van der Waals surface area contributed by atoms with Crippen LogP contribution in [-0.4, -0.2) is 55.0 Å². The van der Waals surface area contributed by atoms with Crippen LogP contribution in [0.4, 0.5) is 19.3 Å². The Morgan fingerprint density at radius 1 is 1.00 bits per heavy atom. The van der Waals surface area contributed by atoms with Crippen LogP contribution in [0.25, 0.3) is 0 Å². The SMILES string of the molecule is COc1cccc(C(=O)N2CCN(C(=O)Nc3ccc(F)cc3F)CC2)c1. The van der Waals surface area contributed by atoms with E-state index in [-0.39, 0.29) is 11.6 Å². The zero-order valence-electron chi connectivity index (χ0n) is 14.7. The van der Waals surface area contributed by atoms with E-state index in [1.54, 1.807) is 29.2 Å². The van der Waals surface area contributed by atoms with Gasteiger partial charge in [-0.15, -0.1) is 0 Å². The van der Waals surface area contributed by atoms with Gasteiger partial charge in [0.25, 0.3) is 5.91 Å². The van der Waals surface area contributed by atoms with E-state index in [4.69, 9.17) is 4.74 Å². The summed E-state index contributed by atoms with van der Waals surface area (Å²) in [6.07, 6.45) is 0. The third kappa shape index (κ3) is 4.33. The summed E-state index contributed by atoms with van der Waals surface area (Å²) in [6, 6.07) is 9.34. The van der Waals surface area contributed by atoms with Crippen molar-refractivity contribution in [3.63, 3.8) is 0 Å². The number of methoxy groups -OCH3 is 1. The molecule has 1 aliphatic rings. The second-order valence-electron chi connectivity index (χ2n) is 6.07. The quantitative estimate of drug-likeness (QED) is 0.897. The molecule has 1 aliphatic heterocycles. The van der Waals surface area contributed by atoms with Gasteiger partial charge in [0.15, 0.2) is 0 Å². The molecule has 1 fully saturated rings. The number of ether oxygens (including phenoxy) is 1. The highest BCUT2D eigenvalue weighted by atomic mass is 19.1. The Morgan fingerprint density at radius 3 is 2.37 bits per heavy atom. The fourth-order valence-corrected chi connectivity index (χ4v) is 2.84. The van der Waals surface area contributed by atoms with Crippen molar-refractivity contribution in [1.29, 1.82) is 0 Å². The third-order valence-corrected chi connectivity index (χ3v) is 4.34. The number of hydrogen-bond donors (Lipinski definition) is 1. The Bertz CT molecular complexity index is 852. The predicted octanol–water partition coefficient (Wildman–Crippen LogP) is 2.96. The van der Waals surface area contributed by atoms with Gasteiger partial charge in [0, 0.05) is 37.8 Å². The molecule has 6 nitrogen and oxygen atoms in total. The van der Waals surface area contributed by atoms with Crippen molar-refractivity contribution < 1.29 is 23.1 Å². The van der Waals surface area contributed by atoms with E-state index in [0.717, 1.165) is 6.07 Å². The van der Waals surface area contributed by atoms with Crippen molar-refractivity contribution in [2.24, 2.45) is 0 Å². The Hall–Kier alpha value is -3.16. The molecule has 0 aliphatic carbocycles. The van der Waals surface area contributed by atoms with Crippen LogP contribution in [0.5, 0.6) is 5.75 Å². The van der Waals surface area contributed by atoms with Gasteiger partial charge in [0.05, 0.1) is 12.8 Å². The van der Waals surface area contributed by atoms with E-state index in [0.29, 0.717) is 43.6 Å². The first-order valence-corrected chi connectivity index (χ1v) is 8.42. The molecule has 3 rings (SSSR count). The lowest BCUT2D eigenvalue weighted by Gasteiger charge is -2.34. The van der Waals surface area contributed by atoms with Gasteiger partial charge in [-0.05, 0) is 30.3 Å². The first-order chi connectivity index (χ1) is 13.0. The number of halogens is 2. The van der Waals surface area contributed by atoms with Crippen LogP contribution in [0, 0.1) is 11.6 Å². The predicted molar refractivity (Wildman–Crippen MR) is 95.8 cm³/mol. The van der Waals surface area contributed by atoms with Gasteiger partial charge in [-0.25, -0.2) is 13.6 Å². The molecule has 0 aromatic heterocycles. The van der Waals surface area contributed by atoms with Crippen molar-refractivity contribution in [2.45, 2.75) is 0 Å². The fraction of sp³-hybridized carbons (Fsp3) is 0.263. The van der Waals surface area contributed by atoms with Crippen LogP contribution in [0.2, 0.25) is 0 Å². The lowest BCUT2D eigenvalue weighted by Crippen LogP contribution is -2.51. The van der Waals surface area contributed by atoms with Crippen LogP contribution >= 0.6 is 0 Å². The van der Waals surface area contributed by atoms with Crippen molar-refractivity contribution in [1.82, 2.24) is 9.80 Å². The van der Waals surface area contributed by atoms with E-state index in [2.05, 4.69) is 5.32 Å². The summed E-state index contributed by atoms with van der Waals surface area (Å²) in [7, 11) is 1.53. The van der Waals surface area contributed by atoms with E-state index in [1.165, 1.54) is 18.1 Å². The summed E-state index contributed by atoms with van der Waals surface area (Å²) in [6.45, 7) is 1.33. The molecule has 1 heterocycles. The van der Waals surface area contributed by atoms with Gasteiger partial charge in [0.1, 0.15) is 17.4 Å². The molecular formula is C19H19F2N3O3. The number of rotatable bonds is 3. The zero-order valence-corrected chi connectivity index (χ0v) is 14.7. The molecule has 3 amide bonds. The molecule has 0 unspecified atom stereocenters. The maximum Gasteiger partial charge on any atom is 0.322 e. The largest absolute Gasteiger partial charge is 0.497 e. The highest BCUT2D eigenvalue weighted by Crippen LogP contribution is 2.18. The van der Waals surface area contributed by atoms with E-state index < -0.39 is 17.7 Å². The molecule has 0 radical (unpaired) electrons. The first-order valence-electron chi connectivity index (χ1n) is 8.42. The second-order valence-corrected chi connectivity index (χ2v) is 6.07. The molecule has 0 spiro atoms. The summed E-state index contributed by atoms with van der Waals surface area (Å²) in [5.41, 5.74) is 0.428. The van der Waals surface area contributed by atoms with Crippen molar-refractivity contribution in [3.05, 3.63) is 59.7 Å². The van der Waals surface area contributed by atoms with E-state index >= 15 is 0 Å². The molecule has 2 aromatic carbocycles. The molecule has 1 saturated heterocycles. The average Bonchev–Trinajstić information content (AvgIpc) is 2.69. The van der Waals surface area contributed by atoms with Gasteiger partial charge in [-0.3, -0.25) is 4.79 Å². The number of carbonyl (C=O) groups excluding carboxylic acids is 2. The van der Waals surface area contributed by atoms with Crippen molar-refractivity contribution in [2.75, 3.05) is 38.6 Å². The molecular weight excluding hydrogens is 356 g/mol. The van der Waals surface area contributed by atoms with Crippen LogP contribution in [0.15, 0.2) is 42.5 Å². The van der Waals surface area contributed by atoms with Crippen molar-refractivity contribution >= 4 is 17.6 Å². The molecule has 0 saturated carbocycles. The second kappa shape index (κ2) is 8.03. The number of piperazine rings is 1. The molecule has 0 atom stereocenters. The van der Waals surface area contributed by atoms with Crippen LogP contribution < -0.4 is 10.1 Å². The average molecular weight is 375 g/mol. The third-order valence-electron chi connectivity index (χ3n) is 4.34. The highest BCUT2D eigenvalue weighted by molar-refractivity contribution is 5.95. The molecule has 8 heteroatoms. The number of benzene rings is 2. The van der Waals surface area contributed by atoms with Crippen LogP contribution in [0.3, 0.4) is 0 Å². The monoisotopic (exact) mass is 375 g/mol. The summed E-state index contributed by atoms with van der Waals surface area (Å²) in [5, 5.41) is 2.42. The number of nitrogens with one attached hydrogen (secondary N) is 1. The normalized spacial score (nSPS) is 14.0. The molecule has 2 aromatic rings. The van der Waals surface area contributed by atoms with Gasteiger partial charge in [0.2, 0.25) is 0 Å². The molecule has 27 heavy (non-hydrogen) atoms. The molecule has 0 bridgehead atoms. The van der Waals surface area contributed by atoms with Crippen LogP contribution in [0.1, 0.15) is 10.4 Å². The zero-order chi connectivity index (χ0) is 19.4. The smallest absolute Gasteiger partial charge is 0.322 e. The number of urea groups is 1. The van der Waals surface area contributed by atoms with Crippen LogP contribution in [-0.2, 0) is 0 Å². The lowest BCUT2D eigenvalue weighted by atomic mass is 10.1. The van der Waals surface area contributed by atoms with Gasteiger partial charge in [-0.2, -0.15) is 0 Å². The minimum absolute atomic E-state index is 0.0868. The van der Waals surface area contributed by atoms with E-state index in [9.17, 15) is 18.4 Å². The topological polar surface area (TPSA) is 61.9 Å². The Morgan fingerprint density at radius 2 is 1.70 bits per heavy atom. The number of nitrogens with zero attached hydrogens (tertiary/aromatic N) is 2. The Kier molecular flexibility index (Phi) is 5.54. The number of anilines is 1. The Balaban J connectivity index is 1.57. The van der Waals surface area contributed by atoms with Gasteiger partial charge < -0.3 is 19.9 Å². The van der Waals surface area contributed by atoms with Gasteiger partial charge >= 0.3 is 6.03 Å². The summed E-state index contributed by atoms with van der Waals surface area (Å²) < 4.78 is 31.7. The first kappa shape index (κ1) is 18.6. The minimum Gasteiger partial charge on any atom is -0.497 e. The summed E-state index contributed by atoms with van der Waals surface area (Å²) in [5.74, 6) is -1.09. The highest BCUT2D eigenvalue weighted by Gasteiger charge is 2.25. The van der Waals surface area contributed by atoms with E-state index in [1.807, 2.05) is 0 Å². The summed E-state index contributed by atoms with van der Waals surface area (Å²) >= 11 is 0. The van der Waals surface area contributed by atoms with Gasteiger partial charge in [-0.1, -0.05) is 6.07 Å². The number of hydrogen-bond acceptors (Lipinski definition) is 3.